The van der Waals surface area contributed by atoms with Crippen molar-refractivity contribution in [3.8, 4) is 0 Å². The molecule has 1 amide bonds. The first-order valence-electron chi connectivity index (χ1n) is 6.43. The molecule has 2 rings (SSSR count). The molecule has 1 aromatic rings. The second-order valence-corrected chi connectivity index (χ2v) is 5.62. The number of nitrogen functional groups attached to an aromatic ring is 1. The molecule has 1 fully saturated rings. The fourth-order valence-electron chi connectivity index (χ4n) is 1.70. The maximum Gasteiger partial charge on any atom is 0.258 e. The average Bonchev–Trinajstić information content (AvgIpc) is 3.10. The van der Waals surface area contributed by atoms with Crippen molar-refractivity contribution in [2.45, 2.75) is 38.3 Å². The molecule has 0 spiro atoms. The van der Waals surface area contributed by atoms with Gasteiger partial charge in [0.1, 0.15) is 10.6 Å². The third kappa shape index (κ3) is 3.81. The summed E-state index contributed by atoms with van der Waals surface area (Å²) in [6, 6.07) is 0.512. The predicted octanol–water partition coefficient (Wildman–Crippen LogP) is 1.45. The number of anilines is 2. The molecule has 1 atom stereocenters. The third-order valence-corrected chi connectivity index (χ3v) is 3.78. The van der Waals surface area contributed by atoms with Gasteiger partial charge in [-0.15, -0.1) is 0 Å². The molecule has 0 aliphatic heterocycles. The van der Waals surface area contributed by atoms with E-state index in [4.69, 9.17) is 10.5 Å². The number of carbonyl (C=O) groups excluding carboxylic acids is 1. The van der Waals surface area contributed by atoms with E-state index in [1.807, 2.05) is 6.92 Å². The smallest absolute Gasteiger partial charge is 0.258 e. The molecule has 0 saturated heterocycles. The molecule has 1 unspecified atom stereocenters. The van der Waals surface area contributed by atoms with Crippen molar-refractivity contribution in [3.05, 3.63) is 5.56 Å². The van der Waals surface area contributed by atoms with Gasteiger partial charge in [0.15, 0.2) is 5.82 Å². The Hall–Kier alpha value is -1.34. The van der Waals surface area contributed by atoms with E-state index in [0.717, 1.165) is 24.3 Å². The van der Waals surface area contributed by atoms with Gasteiger partial charge in [0.25, 0.3) is 5.91 Å². The highest BCUT2D eigenvalue weighted by Gasteiger charge is 2.27. The lowest BCUT2D eigenvalue weighted by Gasteiger charge is -2.14. The molecule has 1 saturated carbocycles. The number of hydrogen-bond acceptors (Lipinski definition) is 6. The maximum absolute atomic E-state index is 12.1. The standard InChI is InChI=1S/C12H20N4O2S/c1-7(5-6-18-2)14-12-9(10(13)16-19-12)11(17)15-8-3-4-8/h7-8,14H,3-6H2,1-2H3,(H2,13,16)(H,15,17). The van der Waals surface area contributed by atoms with Gasteiger partial charge < -0.3 is 21.1 Å². The minimum atomic E-state index is -0.129. The van der Waals surface area contributed by atoms with Crippen molar-refractivity contribution in [2.24, 2.45) is 0 Å². The fraction of sp³-hybridized carbons (Fsp3) is 0.667. The highest BCUT2D eigenvalue weighted by atomic mass is 32.1. The molecule has 4 N–H and O–H groups in total. The van der Waals surface area contributed by atoms with Gasteiger partial charge in [-0.25, -0.2) is 0 Å². The van der Waals surface area contributed by atoms with Crippen LogP contribution in [-0.2, 0) is 4.74 Å². The number of hydrogen-bond donors (Lipinski definition) is 3. The van der Waals surface area contributed by atoms with Crippen LogP contribution >= 0.6 is 11.5 Å². The molecule has 0 bridgehead atoms. The molecule has 1 aliphatic carbocycles. The zero-order valence-electron chi connectivity index (χ0n) is 11.2. The van der Waals surface area contributed by atoms with Crippen LogP contribution in [0.3, 0.4) is 0 Å². The highest BCUT2D eigenvalue weighted by molar-refractivity contribution is 7.11. The van der Waals surface area contributed by atoms with E-state index in [9.17, 15) is 4.79 Å². The summed E-state index contributed by atoms with van der Waals surface area (Å²) in [7, 11) is 1.67. The molecule has 6 nitrogen and oxygen atoms in total. The minimum absolute atomic E-state index is 0.129. The summed E-state index contributed by atoms with van der Waals surface area (Å²) < 4.78 is 9.10. The summed E-state index contributed by atoms with van der Waals surface area (Å²) in [6.45, 7) is 2.71. The maximum atomic E-state index is 12.1. The van der Waals surface area contributed by atoms with Gasteiger partial charge in [-0.1, -0.05) is 0 Å². The van der Waals surface area contributed by atoms with E-state index in [-0.39, 0.29) is 11.9 Å². The van der Waals surface area contributed by atoms with E-state index in [1.54, 1.807) is 7.11 Å². The highest BCUT2D eigenvalue weighted by Crippen LogP contribution is 2.29. The van der Waals surface area contributed by atoms with Crippen molar-refractivity contribution in [3.63, 3.8) is 0 Å². The van der Waals surface area contributed by atoms with E-state index in [0.29, 0.717) is 24.0 Å². The molecular weight excluding hydrogens is 264 g/mol. The minimum Gasteiger partial charge on any atom is -0.385 e. The second-order valence-electron chi connectivity index (χ2n) is 4.85. The van der Waals surface area contributed by atoms with E-state index in [2.05, 4.69) is 15.0 Å². The second kappa shape index (κ2) is 6.21. The Kier molecular flexibility index (Phi) is 4.60. The number of methoxy groups -OCH3 is 1. The number of ether oxygens (including phenoxy) is 1. The van der Waals surface area contributed by atoms with Gasteiger partial charge in [-0.3, -0.25) is 4.79 Å². The normalized spacial score (nSPS) is 16.1. The quantitative estimate of drug-likeness (QED) is 0.705. The SMILES string of the molecule is COCCC(C)Nc1snc(N)c1C(=O)NC1CC1. The van der Waals surface area contributed by atoms with E-state index < -0.39 is 0 Å². The first-order chi connectivity index (χ1) is 9.11. The molecule has 1 heterocycles. The number of nitrogens with zero attached hydrogens (tertiary/aromatic N) is 1. The van der Waals surface area contributed by atoms with E-state index in [1.165, 1.54) is 11.5 Å². The van der Waals surface area contributed by atoms with Crippen molar-refractivity contribution in [1.29, 1.82) is 0 Å². The Morgan fingerprint density at radius 1 is 1.63 bits per heavy atom. The van der Waals surface area contributed by atoms with Crippen LogP contribution in [0.4, 0.5) is 10.8 Å². The summed E-state index contributed by atoms with van der Waals surface area (Å²) >= 11 is 1.23. The van der Waals surface area contributed by atoms with Crippen molar-refractivity contribution in [2.75, 3.05) is 24.8 Å². The number of carbonyl (C=O) groups is 1. The molecule has 0 radical (unpaired) electrons. The monoisotopic (exact) mass is 284 g/mol. The van der Waals surface area contributed by atoms with Crippen LogP contribution in [0.5, 0.6) is 0 Å². The number of nitrogens with two attached hydrogens (primary N) is 1. The summed E-state index contributed by atoms with van der Waals surface area (Å²) in [4.78, 5) is 12.1. The Morgan fingerprint density at radius 2 is 2.37 bits per heavy atom. The number of amides is 1. The van der Waals surface area contributed by atoms with Gasteiger partial charge in [-0.2, -0.15) is 4.37 Å². The van der Waals surface area contributed by atoms with Crippen molar-refractivity contribution < 1.29 is 9.53 Å². The Labute approximate surface area is 116 Å². The Bertz CT molecular complexity index is 445. The molecule has 19 heavy (non-hydrogen) atoms. The zero-order chi connectivity index (χ0) is 13.8. The topological polar surface area (TPSA) is 89.3 Å². The van der Waals surface area contributed by atoms with Crippen LogP contribution in [0.1, 0.15) is 36.5 Å². The van der Waals surface area contributed by atoms with Crippen LogP contribution < -0.4 is 16.4 Å². The Balaban J connectivity index is 2.01. The van der Waals surface area contributed by atoms with Crippen LogP contribution in [0.15, 0.2) is 0 Å². The van der Waals surface area contributed by atoms with Gasteiger partial charge in [0, 0.05) is 25.8 Å². The largest absolute Gasteiger partial charge is 0.385 e. The lowest BCUT2D eigenvalue weighted by atomic mass is 10.2. The molecular formula is C12H20N4O2S. The van der Waals surface area contributed by atoms with E-state index >= 15 is 0 Å². The molecule has 106 valence electrons. The number of nitrogens with one attached hydrogen (secondary N) is 2. The first kappa shape index (κ1) is 14.1. The number of rotatable bonds is 7. The summed E-state index contributed by atoms with van der Waals surface area (Å²) in [5.74, 6) is 0.166. The zero-order valence-corrected chi connectivity index (χ0v) is 12.0. The van der Waals surface area contributed by atoms with Gasteiger partial charge in [0.05, 0.1) is 0 Å². The third-order valence-electron chi connectivity index (χ3n) is 2.99. The molecule has 7 heteroatoms. The van der Waals surface area contributed by atoms with Crippen LogP contribution in [0.25, 0.3) is 0 Å². The fourth-order valence-corrected chi connectivity index (χ4v) is 2.52. The van der Waals surface area contributed by atoms with Crippen LogP contribution in [-0.4, -0.2) is 36.1 Å². The van der Waals surface area contributed by atoms with Crippen LogP contribution in [0, 0.1) is 0 Å². The van der Waals surface area contributed by atoms with Gasteiger partial charge in [0.2, 0.25) is 0 Å². The predicted molar refractivity (Wildman–Crippen MR) is 76.6 cm³/mol. The molecule has 0 aromatic carbocycles. The lowest BCUT2D eigenvalue weighted by Crippen LogP contribution is -2.27. The number of aromatic nitrogens is 1. The lowest BCUT2D eigenvalue weighted by molar-refractivity contribution is 0.0953. The van der Waals surface area contributed by atoms with Crippen molar-refractivity contribution >= 4 is 28.3 Å². The van der Waals surface area contributed by atoms with Gasteiger partial charge >= 0.3 is 0 Å². The van der Waals surface area contributed by atoms with Crippen LogP contribution in [0.2, 0.25) is 0 Å². The summed E-state index contributed by atoms with van der Waals surface area (Å²) in [5.41, 5.74) is 6.26. The van der Waals surface area contributed by atoms with Gasteiger partial charge in [-0.05, 0) is 37.7 Å². The Morgan fingerprint density at radius 3 is 3.00 bits per heavy atom. The molecule has 1 aliphatic rings. The first-order valence-corrected chi connectivity index (χ1v) is 7.20. The van der Waals surface area contributed by atoms with Crippen molar-refractivity contribution in [1.82, 2.24) is 9.69 Å². The summed E-state index contributed by atoms with van der Waals surface area (Å²) in [5, 5.41) is 6.95. The molecule has 1 aromatic heterocycles. The summed E-state index contributed by atoms with van der Waals surface area (Å²) in [6.07, 6.45) is 2.96. The average molecular weight is 284 g/mol.